The summed E-state index contributed by atoms with van der Waals surface area (Å²) in [7, 11) is 1.68. The molecule has 0 saturated carbocycles. The van der Waals surface area contributed by atoms with Crippen molar-refractivity contribution in [3.8, 4) is 5.75 Å². The van der Waals surface area contributed by atoms with Crippen LogP contribution in [0.5, 0.6) is 5.75 Å². The highest BCUT2D eigenvalue weighted by atomic mass is 127. The number of ether oxygens (including phenoxy) is 1. The molecule has 0 unspecified atom stereocenters. The maximum Gasteiger partial charge on any atom is 0.191 e. The molecule has 0 aliphatic heterocycles. The molecule has 1 aromatic carbocycles. The number of thiazole rings is 1. The molecule has 7 heteroatoms. The van der Waals surface area contributed by atoms with Gasteiger partial charge in [0.25, 0.3) is 0 Å². The second-order valence-electron chi connectivity index (χ2n) is 5.69. The van der Waals surface area contributed by atoms with Crippen molar-refractivity contribution in [1.29, 1.82) is 0 Å². The zero-order chi connectivity index (χ0) is 18.1. The van der Waals surface area contributed by atoms with E-state index in [-0.39, 0.29) is 24.0 Å². The molecule has 0 saturated heterocycles. The monoisotopic (exact) mass is 488 g/mol. The number of benzene rings is 1. The topological polar surface area (TPSA) is 58.5 Å². The zero-order valence-electron chi connectivity index (χ0n) is 16.0. The molecule has 0 aliphatic carbocycles. The summed E-state index contributed by atoms with van der Waals surface area (Å²) in [5.74, 6) is 1.69. The van der Waals surface area contributed by atoms with Gasteiger partial charge >= 0.3 is 0 Å². The molecule has 0 aliphatic rings. The fourth-order valence-electron chi connectivity index (χ4n) is 2.49. The lowest BCUT2D eigenvalue weighted by molar-refractivity contribution is 0.414. The molecule has 0 bridgehead atoms. The molecule has 0 spiro atoms. The van der Waals surface area contributed by atoms with Crippen LogP contribution in [-0.4, -0.2) is 31.1 Å². The smallest absolute Gasteiger partial charge is 0.191 e. The first-order valence-corrected chi connectivity index (χ1v) is 9.58. The van der Waals surface area contributed by atoms with Crippen molar-refractivity contribution in [2.75, 3.05) is 20.2 Å². The van der Waals surface area contributed by atoms with Crippen LogP contribution in [-0.2, 0) is 19.4 Å². The van der Waals surface area contributed by atoms with Crippen molar-refractivity contribution in [1.82, 2.24) is 15.6 Å². The summed E-state index contributed by atoms with van der Waals surface area (Å²) in [5.41, 5.74) is 2.35. The van der Waals surface area contributed by atoms with Gasteiger partial charge < -0.3 is 15.4 Å². The zero-order valence-corrected chi connectivity index (χ0v) is 19.1. The number of aryl methyl sites for hydroxylation is 2. The van der Waals surface area contributed by atoms with Gasteiger partial charge in [0.2, 0.25) is 0 Å². The molecule has 144 valence electrons. The lowest BCUT2D eigenvalue weighted by Crippen LogP contribution is -2.38. The minimum Gasteiger partial charge on any atom is -0.497 e. The van der Waals surface area contributed by atoms with Crippen LogP contribution in [0.1, 0.15) is 35.0 Å². The number of rotatable bonds is 8. The molecule has 0 atom stereocenters. The lowest BCUT2D eigenvalue weighted by Gasteiger charge is -2.11. The highest BCUT2D eigenvalue weighted by Gasteiger charge is 2.06. The number of hydrogen-bond acceptors (Lipinski definition) is 4. The second kappa shape index (κ2) is 12.1. The summed E-state index contributed by atoms with van der Waals surface area (Å²) in [6.45, 7) is 8.63. The minimum absolute atomic E-state index is 0. The Morgan fingerprint density at radius 2 is 2.08 bits per heavy atom. The number of aromatic nitrogens is 1. The van der Waals surface area contributed by atoms with Crippen LogP contribution in [0.4, 0.5) is 0 Å². The Bertz CT molecular complexity index is 703. The van der Waals surface area contributed by atoms with E-state index in [4.69, 9.17) is 4.74 Å². The molecule has 26 heavy (non-hydrogen) atoms. The number of nitrogens with zero attached hydrogens (tertiary/aromatic N) is 2. The van der Waals surface area contributed by atoms with Gasteiger partial charge in [0.1, 0.15) is 5.75 Å². The van der Waals surface area contributed by atoms with Crippen molar-refractivity contribution in [2.45, 2.75) is 40.2 Å². The van der Waals surface area contributed by atoms with Crippen LogP contribution < -0.4 is 15.4 Å². The fraction of sp³-hybridized carbons (Fsp3) is 0.474. The third kappa shape index (κ3) is 7.11. The van der Waals surface area contributed by atoms with Gasteiger partial charge in [0, 0.05) is 24.4 Å². The van der Waals surface area contributed by atoms with Crippen LogP contribution in [0.15, 0.2) is 29.3 Å². The molecule has 1 aromatic heterocycles. The van der Waals surface area contributed by atoms with E-state index in [1.165, 1.54) is 15.6 Å². The standard InChI is InChI=1S/C19H28N4OS.HI/c1-5-17-14(3)25-18(23-17)10-11-21-19(20-6-2)22-13-15-8-7-9-16(12-15)24-4;/h7-9,12H,5-6,10-11,13H2,1-4H3,(H2,20,21,22);1H. The maximum atomic E-state index is 5.26. The molecule has 1 heterocycles. The first kappa shape index (κ1) is 22.7. The van der Waals surface area contributed by atoms with Crippen molar-refractivity contribution >= 4 is 41.3 Å². The van der Waals surface area contributed by atoms with Gasteiger partial charge in [-0.15, -0.1) is 35.3 Å². The second-order valence-corrected chi connectivity index (χ2v) is 6.98. The summed E-state index contributed by atoms with van der Waals surface area (Å²) in [6, 6.07) is 8.00. The highest BCUT2D eigenvalue weighted by Crippen LogP contribution is 2.18. The van der Waals surface area contributed by atoms with E-state index < -0.39 is 0 Å². The normalized spacial score (nSPS) is 11.0. The first-order chi connectivity index (χ1) is 12.2. The van der Waals surface area contributed by atoms with Crippen molar-refractivity contribution in [3.05, 3.63) is 45.4 Å². The average molecular weight is 488 g/mol. The molecule has 0 fully saturated rings. The maximum absolute atomic E-state index is 5.26. The van der Waals surface area contributed by atoms with Gasteiger partial charge in [0.05, 0.1) is 24.4 Å². The van der Waals surface area contributed by atoms with E-state index in [1.807, 2.05) is 18.2 Å². The Morgan fingerprint density at radius 1 is 1.27 bits per heavy atom. The number of methoxy groups -OCH3 is 1. The third-order valence-corrected chi connectivity index (χ3v) is 4.87. The molecule has 0 radical (unpaired) electrons. The molecule has 5 nitrogen and oxygen atoms in total. The Hall–Kier alpha value is -1.35. The minimum atomic E-state index is 0. The predicted molar refractivity (Wildman–Crippen MR) is 121 cm³/mol. The van der Waals surface area contributed by atoms with Crippen molar-refractivity contribution in [2.24, 2.45) is 4.99 Å². The van der Waals surface area contributed by atoms with Gasteiger partial charge in [-0.05, 0) is 38.0 Å². The van der Waals surface area contributed by atoms with E-state index >= 15 is 0 Å². The summed E-state index contributed by atoms with van der Waals surface area (Å²) < 4.78 is 5.26. The van der Waals surface area contributed by atoms with E-state index in [1.54, 1.807) is 18.4 Å². The lowest BCUT2D eigenvalue weighted by atomic mass is 10.2. The number of guanidine groups is 1. The van der Waals surface area contributed by atoms with Gasteiger partial charge in [-0.25, -0.2) is 9.98 Å². The summed E-state index contributed by atoms with van der Waals surface area (Å²) in [4.78, 5) is 10.7. The van der Waals surface area contributed by atoms with Gasteiger partial charge in [-0.2, -0.15) is 0 Å². The largest absolute Gasteiger partial charge is 0.497 e. The Balaban J connectivity index is 0.00000338. The molecular weight excluding hydrogens is 459 g/mol. The van der Waals surface area contributed by atoms with E-state index in [0.29, 0.717) is 6.54 Å². The Kier molecular flexibility index (Phi) is 10.6. The number of halogens is 1. The molecule has 2 rings (SSSR count). The number of hydrogen-bond donors (Lipinski definition) is 2. The van der Waals surface area contributed by atoms with Crippen LogP contribution in [0.25, 0.3) is 0 Å². The first-order valence-electron chi connectivity index (χ1n) is 8.76. The van der Waals surface area contributed by atoms with Crippen LogP contribution in [0.2, 0.25) is 0 Å². The summed E-state index contributed by atoms with van der Waals surface area (Å²) in [6.07, 6.45) is 1.91. The van der Waals surface area contributed by atoms with Crippen molar-refractivity contribution in [3.63, 3.8) is 0 Å². The van der Waals surface area contributed by atoms with Crippen LogP contribution >= 0.6 is 35.3 Å². The van der Waals surface area contributed by atoms with Crippen LogP contribution in [0, 0.1) is 6.92 Å². The quantitative estimate of drug-likeness (QED) is 0.336. The van der Waals surface area contributed by atoms with E-state index in [0.717, 1.165) is 43.2 Å². The number of nitrogens with one attached hydrogen (secondary N) is 2. The van der Waals surface area contributed by atoms with Gasteiger partial charge in [-0.3, -0.25) is 0 Å². The molecule has 2 aromatic rings. The third-order valence-electron chi connectivity index (χ3n) is 3.80. The van der Waals surface area contributed by atoms with E-state index in [2.05, 4.69) is 47.4 Å². The fourth-order valence-corrected chi connectivity index (χ4v) is 3.51. The van der Waals surface area contributed by atoms with Gasteiger partial charge in [-0.1, -0.05) is 19.1 Å². The molecule has 0 amide bonds. The van der Waals surface area contributed by atoms with Gasteiger partial charge in [0.15, 0.2) is 5.96 Å². The Morgan fingerprint density at radius 3 is 2.73 bits per heavy atom. The number of aliphatic imine (C=N–C) groups is 1. The van der Waals surface area contributed by atoms with Crippen molar-refractivity contribution < 1.29 is 4.74 Å². The highest BCUT2D eigenvalue weighted by molar-refractivity contribution is 14.0. The van der Waals surface area contributed by atoms with Crippen LogP contribution in [0.3, 0.4) is 0 Å². The predicted octanol–water partition coefficient (Wildman–Crippen LogP) is 3.94. The van der Waals surface area contributed by atoms with E-state index in [9.17, 15) is 0 Å². The average Bonchev–Trinajstić information content (AvgIpc) is 2.99. The summed E-state index contributed by atoms with van der Waals surface area (Å²) >= 11 is 1.79. The molecular formula is C19H29IN4OS. The SMILES string of the molecule is CCNC(=NCc1cccc(OC)c1)NCCc1nc(CC)c(C)s1.I. The Labute approximate surface area is 177 Å². The molecule has 2 N–H and O–H groups in total. The summed E-state index contributed by atoms with van der Waals surface area (Å²) in [5, 5.41) is 7.86.